The first-order valence-corrected chi connectivity index (χ1v) is 6.00. The van der Waals surface area contributed by atoms with Gasteiger partial charge < -0.3 is 15.5 Å². The van der Waals surface area contributed by atoms with Gasteiger partial charge in [-0.2, -0.15) is 0 Å². The fourth-order valence-corrected chi connectivity index (χ4v) is 1.62. The van der Waals surface area contributed by atoms with E-state index in [0.29, 0.717) is 11.6 Å². The molecule has 0 unspecified atom stereocenters. The Balaban J connectivity index is 2.21. The number of aryl methyl sites for hydroxylation is 1. The third-order valence-electron chi connectivity index (χ3n) is 2.60. The summed E-state index contributed by atoms with van der Waals surface area (Å²) in [4.78, 5) is 8.62. The lowest BCUT2D eigenvalue weighted by molar-refractivity contribution is 0.415. The summed E-state index contributed by atoms with van der Waals surface area (Å²) in [5.74, 6) is 8.21. The standard InChI is InChI=1S/C13H17N5O/c1-3-11-16-12(8-13(17-11)18-14)15-9-4-6-10(19-2)7-5-9/h4-8H,3,14H2,1-2H3,(H2,15,16,17,18). The van der Waals surface area contributed by atoms with E-state index < -0.39 is 0 Å². The van der Waals surface area contributed by atoms with Gasteiger partial charge in [0.15, 0.2) is 0 Å². The van der Waals surface area contributed by atoms with Gasteiger partial charge in [0.2, 0.25) is 0 Å². The van der Waals surface area contributed by atoms with E-state index in [-0.39, 0.29) is 0 Å². The van der Waals surface area contributed by atoms with E-state index in [2.05, 4.69) is 20.7 Å². The number of hydrazine groups is 1. The van der Waals surface area contributed by atoms with Gasteiger partial charge in [0.05, 0.1) is 7.11 Å². The van der Waals surface area contributed by atoms with Crippen LogP contribution >= 0.6 is 0 Å². The Morgan fingerprint density at radius 2 is 1.84 bits per heavy atom. The molecule has 0 amide bonds. The van der Waals surface area contributed by atoms with Crippen LogP contribution in [-0.2, 0) is 6.42 Å². The SMILES string of the molecule is CCc1nc(NN)cc(Nc2ccc(OC)cc2)n1. The number of methoxy groups -OCH3 is 1. The molecule has 0 spiro atoms. The number of hydrogen-bond donors (Lipinski definition) is 3. The Morgan fingerprint density at radius 3 is 2.42 bits per heavy atom. The zero-order valence-electron chi connectivity index (χ0n) is 11.0. The monoisotopic (exact) mass is 259 g/mol. The summed E-state index contributed by atoms with van der Waals surface area (Å²) in [5.41, 5.74) is 3.46. The van der Waals surface area contributed by atoms with Gasteiger partial charge in [-0.1, -0.05) is 6.92 Å². The van der Waals surface area contributed by atoms with Crippen molar-refractivity contribution < 1.29 is 4.74 Å². The molecule has 4 N–H and O–H groups in total. The second kappa shape index (κ2) is 6.01. The summed E-state index contributed by atoms with van der Waals surface area (Å²) in [6.45, 7) is 1.99. The van der Waals surface area contributed by atoms with Crippen molar-refractivity contribution in [1.29, 1.82) is 0 Å². The molecule has 2 aromatic rings. The number of benzene rings is 1. The van der Waals surface area contributed by atoms with Gasteiger partial charge in [0, 0.05) is 18.2 Å². The molecular weight excluding hydrogens is 242 g/mol. The smallest absolute Gasteiger partial charge is 0.145 e. The first kappa shape index (κ1) is 13.1. The van der Waals surface area contributed by atoms with Gasteiger partial charge in [-0.15, -0.1) is 0 Å². The van der Waals surface area contributed by atoms with Gasteiger partial charge in [0.1, 0.15) is 23.2 Å². The van der Waals surface area contributed by atoms with Crippen molar-refractivity contribution in [2.45, 2.75) is 13.3 Å². The van der Waals surface area contributed by atoms with E-state index in [1.54, 1.807) is 13.2 Å². The summed E-state index contributed by atoms with van der Waals surface area (Å²) >= 11 is 0. The minimum Gasteiger partial charge on any atom is -0.497 e. The molecule has 0 aliphatic heterocycles. The molecule has 6 heteroatoms. The van der Waals surface area contributed by atoms with E-state index in [1.165, 1.54) is 0 Å². The number of aromatic nitrogens is 2. The molecule has 0 bridgehead atoms. The van der Waals surface area contributed by atoms with Crippen LogP contribution in [0.1, 0.15) is 12.7 Å². The molecule has 0 saturated heterocycles. The average Bonchev–Trinajstić information content (AvgIpc) is 2.47. The summed E-state index contributed by atoms with van der Waals surface area (Å²) < 4.78 is 5.11. The van der Waals surface area contributed by atoms with E-state index in [0.717, 1.165) is 23.7 Å². The van der Waals surface area contributed by atoms with Crippen molar-refractivity contribution in [2.75, 3.05) is 17.9 Å². The first-order chi connectivity index (χ1) is 9.25. The second-order valence-electron chi connectivity index (χ2n) is 3.91. The number of nitrogen functional groups attached to an aromatic ring is 1. The number of hydrogen-bond acceptors (Lipinski definition) is 6. The number of ether oxygens (including phenoxy) is 1. The second-order valence-corrected chi connectivity index (χ2v) is 3.91. The van der Waals surface area contributed by atoms with E-state index >= 15 is 0 Å². The molecular formula is C13H17N5O. The molecule has 0 atom stereocenters. The van der Waals surface area contributed by atoms with Crippen LogP contribution in [0.3, 0.4) is 0 Å². The normalized spacial score (nSPS) is 10.1. The Morgan fingerprint density at radius 1 is 1.16 bits per heavy atom. The zero-order valence-corrected chi connectivity index (χ0v) is 11.0. The predicted octanol–water partition coefficient (Wildman–Crippen LogP) is 2.08. The molecule has 1 aromatic carbocycles. The lowest BCUT2D eigenvalue weighted by atomic mass is 10.3. The molecule has 100 valence electrons. The van der Waals surface area contributed by atoms with Crippen molar-refractivity contribution >= 4 is 17.3 Å². The minimum absolute atomic E-state index is 0.586. The number of nitrogens with one attached hydrogen (secondary N) is 2. The molecule has 6 nitrogen and oxygen atoms in total. The highest BCUT2D eigenvalue weighted by Gasteiger charge is 2.03. The van der Waals surface area contributed by atoms with Gasteiger partial charge in [-0.25, -0.2) is 15.8 Å². The Bertz CT molecular complexity index is 519. The highest BCUT2D eigenvalue weighted by atomic mass is 16.5. The molecule has 0 radical (unpaired) electrons. The van der Waals surface area contributed by atoms with Crippen molar-refractivity contribution in [2.24, 2.45) is 5.84 Å². The zero-order chi connectivity index (χ0) is 13.7. The van der Waals surface area contributed by atoms with Crippen LogP contribution in [0.15, 0.2) is 30.3 Å². The average molecular weight is 259 g/mol. The number of rotatable bonds is 5. The number of anilines is 3. The molecule has 0 aliphatic rings. The van der Waals surface area contributed by atoms with Gasteiger partial charge in [-0.05, 0) is 24.3 Å². The Hall–Kier alpha value is -2.34. The molecule has 1 heterocycles. The Labute approximate surface area is 112 Å². The van der Waals surface area contributed by atoms with Crippen molar-refractivity contribution in [3.8, 4) is 5.75 Å². The lowest BCUT2D eigenvalue weighted by Gasteiger charge is -2.09. The fourth-order valence-electron chi connectivity index (χ4n) is 1.62. The summed E-state index contributed by atoms with van der Waals surface area (Å²) in [7, 11) is 1.64. The maximum atomic E-state index is 5.39. The topological polar surface area (TPSA) is 85.1 Å². The summed E-state index contributed by atoms with van der Waals surface area (Å²) in [6.07, 6.45) is 0.743. The first-order valence-electron chi connectivity index (χ1n) is 6.00. The van der Waals surface area contributed by atoms with Crippen molar-refractivity contribution in [1.82, 2.24) is 9.97 Å². The van der Waals surface area contributed by atoms with Gasteiger partial charge in [-0.3, -0.25) is 0 Å². The predicted molar refractivity (Wildman–Crippen MR) is 75.5 cm³/mol. The summed E-state index contributed by atoms with van der Waals surface area (Å²) in [5, 5.41) is 3.20. The van der Waals surface area contributed by atoms with Crippen LogP contribution < -0.4 is 21.3 Å². The third kappa shape index (κ3) is 3.32. The molecule has 19 heavy (non-hydrogen) atoms. The number of nitrogens with zero attached hydrogens (tertiary/aromatic N) is 2. The highest BCUT2D eigenvalue weighted by Crippen LogP contribution is 2.20. The van der Waals surface area contributed by atoms with Crippen LogP contribution in [0.25, 0.3) is 0 Å². The fraction of sp³-hybridized carbons (Fsp3) is 0.231. The van der Waals surface area contributed by atoms with E-state index in [1.807, 2.05) is 31.2 Å². The van der Waals surface area contributed by atoms with E-state index in [9.17, 15) is 0 Å². The number of nitrogens with two attached hydrogens (primary N) is 1. The highest BCUT2D eigenvalue weighted by molar-refractivity contribution is 5.59. The molecule has 1 aromatic heterocycles. The van der Waals surface area contributed by atoms with E-state index in [4.69, 9.17) is 10.6 Å². The van der Waals surface area contributed by atoms with Crippen LogP contribution in [0.5, 0.6) is 5.75 Å². The van der Waals surface area contributed by atoms with Crippen LogP contribution in [0, 0.1) is 0 Å². The largest absolute Gasteiger partial charge is 0.497 e. The lowest BCUT2D eigenvalue weighted by Crippen LogP contribution is -2.11. The summed E-state index contributed by atoms with van der Waals surface area (Å²) in [6, 6.07) is 9.35. The molecule has 0 aliphatic carbocycles. The van der Waals surface area contributed by atoms with Crippen LogP contribution in [0.2, 0.25) is 0 Å². The molecule has 0 saturated carbocycles. The van der Waals surface area contributed by atoms with Crippen LogP contribution in [0.4, 0.5) is 17.3 Å². The van der Waals surface area contributed by atoms with Gasteiger partial charge >= 0.3 is 0 Å². The minimum atomic E-state index is 0.586. The van der Waals surface area contributed by atoms with Crippen molar-refractivity contribution in [3.05, 3.63) is 36.2 Å². The van der Waals surface area contributed by atoms with Crippen LogP contribution in [-0.4, -0.2) is 17.1 Å². The maximum Gasteiger partial charge on any atom is 0.145 e. The van der Waals surface area contributed by atoms with Crippen molar-refractivity contribution in [3.63, 3.8) is 0 Å². The third-order valence-corrected chi connectivity index (χ3v) is 2.60. The van der Waals surface area contributed by atoms with Gasteiger partial charge in [0.25, 0.3) is 0 Å². The molecule has 2 rings (SSSR count). The quantitative estimate of drug-likeness (QED) is 0.563. The molecule has 0 fully saturated rings. The Kier molecular flexibility index (Phi) is 4.15. The maximum absolute atomic E-state index is 5.39.